The summed E-state index contributed by atoms with van der Waals surface area (Å²) in [6, 6.07) is 9.11. The maximum atomic E-state index is 13.6. The molecule has 2 aromatic carbocycles. The minimum Gasteiger partial charge on any atom is -0.485 e. The summed E-state index contributed by atoms with van der Waals surface area (Å²) in [5, 5.41) is 2.96. The van der Waals surface area contributed by atoms with Gasteiger partial charge < -0.3 is 14.8 Å². The smallest absolute Gasteiger partial charge is 0.265 e. The van der Waals surface area contributed by atoms with Crippen molar-refractivity contribution in [1.82, 2.24) is 5.32 Å². The average Bonchev–Trinajstić information content (AvgIpc) is 2.57. The minimum atomic E-state index is -0.793. The third-order valence-corrected chi connectivity index (χ3v) is 4.28. The molecule has 0 aromatic heterocycles. The van der Waals surface area contributed by atoms with Crippen molar-refractivity contribution in [2.45, 2.75) is 19.1 Å². The number of amides is 1. The number of halogens is 3. The van der Waals surface area contributed by atoms with Crippen LogP contribution in [0.4, 0.5) is 4.39 Å². The van der Waals surface area contributed by atoms with E-state index in [1.165, 1.54) is 12.1 Å². The monoisotopic (exact) mass is 369 g/mol. The Labute approximate surface area is 148 Å². The van der Waals surface area contributed by atoms with Crippen LogP contribution < -0.4 is 14.8 Å². The van der Waals surface area contributed by atoms with E-state index in [0.717, 1.165) is 0 Å². The number of nitrogens with one attached hydrogen (secondary N) is 1. The molecule has 0 fully saturated rings. The summed E-state index contributed by atoms with van der Waals surface area (Å²) in [5.74, 6) is 0.135. The summed E-state index contributed by atoms with van der Waals surface area (Å²) in [7, 11) is 0. The van der Waals surface area contributed by atoms with Crippen LogP contribution in [0.1, 0.15) is 18.5 Å². The van der Waals surface area contributed by atoms with Gasteiger partial charge in [-0.2, -0.15) is 0 Å². The Morgan fingerprint density at radius 2 is 1.96 bits per heavy atom. The maximum Gasteiger partial charge on any atom is 0.265 e. The SMILES string of the molecule is C[C@@H](NC(=O)[C@H]1COc2ccccc2O1)c1cc(F)c(Cl)cc1Cl. The molecule has 0 aliphatic carbocycles. The van der Waals surface area contributed by atoms with E-state index >= 15 is 0 Å². The number of hydrogen-bond acceptors (Lipinski definition) is 3. The molecule has 0 unspecified atom stereocenters. The molecule has 1 aliphatic rings. The predicted octanol–water partition coefficient (Wildman–Crippen LogP) is 4.15. The van der Waals surface area contributed by atoms with Crippen molar-refractivity contribution in [2.75, 3.05) is 6.61 Å². The van der Waals surface area contributed by atoms with Crippen LogP contribution in [0.5, 0.6) is 11.5 Å². The van der Waals surface area contributed by atoms with E-state index in [-0.39, 0.29) is 22.6 Å². The zero-order valence-corrected chi connectivity index (χ0v) is 14.2. The molecule has 2 atom stereocenters. The van der Waals surface area contributed by atoms with Crippen LogP contribution >= 0.6 is 23.2 Å². The van der Waals surface area contributed by atoms with Gasteiger partial charge in [-0.25, -0.2) is 4.39 Å². The summed E-state index contributed by atoms with van der Waals surface area (Å²) < 4.78 is 24.8. The molecule has 1 heterocycles. The van der Waals surface area contributed by atoms with Crippen molar-refractivity contribution in [2.24, 2.45) is 0 Å². The summed E-state index contributed by atoms with van der Waals surface area (Å²) in [6.45, 7) is 1.79. The largest absolute Gasteiger partial charge is 0.485 e. The molecular formula is C17H14Cl2FNO3. The standard InChI is InChI=1S/C17H14Cl2FNO3/c1-9(10-6-13(20)12(19)7-11(10)18)21-17(22)16-8-23-14-4-2-3-5-15(14)24-16/h2-7,9,16H,8H2,1H3,(H,21,22)/t9-,16-/m1/s1. The van der Waals surface area contributed by atoms with Crippen LogP contribution in [0.2, 0.25) is 10.0 Å². The van der Waals surface area contributed by atoms with Crippen LogP contribution in [0, 0.1) is 5.82 Å². The molecule has 1 aliphatic heterocycles. The maximum absolute atomic E-state index is 13.6. The summed E-state index contributed by atoms with van der Waals surface area (Å²) in [6.07, 6.45) is -0.793. The van der Waals surface area contributed by atoms with Crippen molar-refractivity contribution in [3.8, 4) is 11.5 Å². The second-order valence-corrected chi connectivity index (χ2v) is 6.20. The molecule has 2 aromatic rings. The van der Waals surface area contributed by atoms with Crippen molar-refractivity contribution in [1.29, 1.82) is 0 Å². The van der Waals surface area contributed by atoms with Crippen LogP contribution in [0.15, 0.2) is 36.4 Å². The first-order valence-corrected chi connectivity index (χ1v) is 8.04. The van der Waals surface area contributed by atoms with Crippen molar-refractivity contribution in [3.63, 3.8) is 0 Å². The molecule has 0 spiro atoms. The highest BCUT2D eigenvalue weighted by molar-refractivity contribution is 6.35. The van der Waals surface area contributed by atoms with Crippen LogP contribution in [-0.4, -0.2) is 18.6 Å². The molecule has 0 saturated heterocycles. The van der Waals surface area contributed by atoms with Crippen LogP contribution in [0.3, 0.4) is 0 Å². The first kappa shape index (κ1) is 16.9. The third-order valence-electron chi connectivity index (χ3n) is 3.67. The van der Waals surface area contributed by atoms with Gasteiger partial charge in [-0.1, -0.05) is 35.3 Å². The van der Waals surface area contributed by atoms with E-state index in [1.54, 1.807) is 25.1 Å². The molecule has 1 amide bonds. The Morgan fingerprint density at radius 3 is 2.71 bits per heavy atom. The van der Waals surface area contributed by atoms with Gasteiger partial charge >= 0.3 is 0 Å². The van der Waals surface area contributed by atoms with Gasteiger partial charge in [-0.3, -0.25) is 4.79 Å². The third kappa shape index (κ3) is 3.42. The molecule has 7 heteroatoms. The van der Waals surface area contributed by atoms with Crippen LogP contribution in [0.25, 0.3) is 0 Å². The number of ether oxygens (including phenoxy) is 2. The Hall–Kier alpha value is -1.98. The second-order valence-electron chi connectivity index (χ2n) is 5.38. The van der Waals surface area contributed by atoms with Crippen molar-refractivity contribution < 1.29 is 18.7 Å². The average molecular weight is 370 g/mol. The number of carbonyl (C=O) groups is 1. The molecule has 4 nitrogen and oxygen atoms in total. The summed E-state index contributed by atoms with van der Waals surface area (Å²) >= 11 is 11.8. The molecule has 1 N–H and O–H groups in total. The van der Waals surface area contributed by atoms with E-state index in [2.05, 4.69) is 5.32 Å². The molecule has 0 bridgehead atoms. The van der Waals surface area contributed by atoms with Gasteiger partial charge in [0, 0.05) is 5.02 Å². The molecule has 3 rings (SSSR count). The first-order valence-electron chi connectivity index (χ1n) is 7.29. The Morgan fingerprint density at radius 1 is 1.25 bits per heavy atom. The number of para-hydroxylation sites is 2. The van der Waals surface area contributed by atoms with Crippen LogP contribution in [-0.2, 0) is 4.79 Å². The van der Waals surface area contributed by atoms with Crippen molar-refractivity contribution in [3.05, 3.63) is 57.8 Å². The lowest BCUT2D eigenvalue weighted by Crippen LogP contribution is -2.44. The molecule has 0 saturated carbocycles. The number of carbonyl (C=O) groups excluding carboxylic acids is 1. The van der Waals surface area contributed by atoms with Gasteiger partial charge in [-0.05, 0) is 36.8 Å². The fraction of sp³-hybridized carbons (Fsp3) is 0.235. The lowest BCUT2D eigenvalue weighted by atomic mass is 10.1. The van der Waals surface area contributed by atoms with Gasteiger partial charge in [0.1, 0.15) is 12.4 Å². The van der Waals surface area contributed by atoms with Gasteiger partial charge in [0.05, 0.1) is 11.1 Å². The first-order chi connectivity index (χ1) is 11.5. The Balaban J connectivity index is 1.70. The van der Waals surface area contributed by atoms with Gasteiger partial charge in [0.25, 0.3) is 5.91 Å². The van der Waals surface area contributed by atoms with E-state index in [9.17, 15) is 9.18 Å². The molecule has 126 valence electrons. The van der Waals surface area contributed by atoms with Gasteiger partial charge in [0.15, 0.2) is 11.5 Å². The summed E-state index contributed by atoms with van der Waals surface area (Å²) in [5.41, 5.74) is 0.434. The predicted molar refractivity (Wildman–Crippen MR) is 89.3 cm³/mol. The van der Waals surface area contributed by atoms with E-state index < -0.39 is 18.0 Å². The highest BCUT2D eigenvalue weighted by atomic mass is 35.5. The lowest BCUT2D eigenvalue weighted by molar-refractivity contribution is -0.131. The normalized spacial score (nSPS) is 17.2. The molecule has 24 heavy (non-hydrogen) atoms. The fourth-order valence-corrected chi connectivity index (χ4v) is 2.95. The van der Waals surface area contributed by atoms with Gasteiger partial charge in [-0.15, -0.1) is 0 Å². The Kier molecular flexibility index (Phi) is 4.83. The minimum absolute atomic E-state index is 0.0668. The lowest BCUT2D eigenvalue weighted by Gasteiger charge is -2.27. The topological polar surface area (TPSA) is 47.6 Å². The number of rotatable bonds is 3. The van der Waals surface area contributed by atoms with E-state index in [0.29, 0.717) is 17.1 Å². The Bertz CT molecular complexity index is 784. The quantitative estimate of drug-likeness (QED) is 0.826. The van der Waals surface area contributed by atoms with E-state index in [1.807, 2.05) is 6.07 Å². The fourth-order valence-electron chi connectivity index (χ4n) is 2.40. The molecular weight excluding hydrogens is 356 g/mol. The number of benzene rings is 2. The molecule has 0 radical (unpaired) electrons. The number of hydrogen-bond donors (Lipinski definition) is 1. The number of fused-ring (bicyclic) bond motifs is 1. The highest BCUT2D eigenvalue weighted by Crippen LogP contribution is 2.32. The summed E-state index contributed by atoms with van der Waals surface area (Å²) in [4.78, 5) is 12.4. The zero-order chi connectivity index (χ0) is 17.3. The second kappa shape index (κ2) is 6.87. The van der Waals surface area contributed by atoms with Gasteiger partial charge in [0.2, 0.25) is 6.10 Å². The van der Waals surface area contributed by atoms with Crippen molar-refractivity contribution >= 4 is 29.1 Å². The zero-order valence-electron chi connectivity index (χ0n) is 12.7. The van der Waals surface area contributed by atoms with E-state index in [4.69, 9.17) is 32.7 Å². The highest BCUT2D eigenvalue weighted by Gasteiger charge is 2.28.